The molecule has 58 valence electrons. The monoisotopic (exact) mass is 262 g/mol. The Morgan fingerprint density at radius 1 is 1.00 bits per heavy atom. The van der Waals surface area contributed by atoms with Gasteiger partial charge in [-0.3, -0.25) is 9.11 Å². The summed E-state index contributed by atoms with van der Waals surface area (Å²) in [6, 6.07) is 0. The Bertz CT molecular complexity index is 246. The molecule has 0 unspecified atom stereocenters. The van der Waals surface area contributed by atoms with Gasteiger partial charge in [0.15, 0.2) is 0 Å². The van der Waals surface area contributed by atoms with Crippen molar-refractivity contribution in [2.75, 3.05) is 5.08 Å². The fourth-order valence-electron chi connectivity index (χ4n) is 0.188. The van der Waals surface area contributed by atoms with Crippen LogP contribution in [0, 0.1) is 0 Å². The van der Waals surface area contributed by atoms with E-state index >= 15 is 0 Å². The molecule has 0 rings (SSSR count). The Morgan fingerprint density at radius 3 is 1.20 bits per heavy atom. The van der Waals surface area contributed by atoms with Gasteiger partial charge in [-0.25, -0.2) is 0 Å². The third kappa shape index (κ3) is 12.3. The van der Waals surface area contributed by atoms with Crippen molar-refractivity contribution in [3.63, 3.8) is 0 Å². The van der Waals surface area contributed by atoms with Crippen LogP contribution in [0.3, 0.4) is 0 Å². The van der Waals surface area contributed by atoms with Gasteiger partial charge in [0, 0.05) is 0 Å². The summed E-state index contributed by atoms with van der Waals surface area (Å²) in [5, 5.41) is -1.65. The molecule has 6 nitrogen and oxygen atoms in total. The molecule has 0 aromatic rings. The first-order valence-electron chi connectivity index (χ1n) is 1.61. The van der Waals surface area contributed by atoms with E-state index in [0.717, 1.165) is 0 Å². The van der Waals surface area contributed by atoms with E-state index in [-0.39, 0.29) is 59.6 Å². The maximum Gasteiger partial charge on any atom is 1.00 e. The van der Waals surface area contributed by atoms with Crippen molar-refractivity contribution < 1.29 is 85.6 Å². The quantitative estimate of drug-likeness (QED) is 0.489. The van der Waals surface area contributed by atoms with E-state index < -0.39 is 25.3 Å². The van der Waals surface area contributed by atoms with Crippen LogP contribution < -0.4 is 58.2 Å². The predicted molar refractivity (Wildman–Crippen MR) is 29.1 cm³/mol. The molecule has 0 heterocycles. The van der Waals surface area contributed by atoms with Gasteiger partial charge in [0.2, 0.25) is 5.08 Å². The fourth-order valence-corrected chi connectivity index (χ4v) is 1.69. The second-order valence-corrected chi connectivity index (χ2v) is 4.55. The van der Waals surface area contributed by atoms with Gasteiger partial charge in [0.25, 0.3) is 20.2 Å². The van der Waals surface area contributed by atoms with E-state index in [1.807, 2.05) is 0 Å². The molecule has 0 bridgehead atoms. The molecule has 0 aliphatic carbocycles. The molecule has 0 spiro atoms. The SMILES string of the molecule is O=S(=O)(O)CS(=O)(=O)O.[H-].[Rb+]. The molecule has 9 heteroatoms. The van der Waals surface area contributed by atoms with Crippen molar-refractivity contribution in [2.45, 2.75) is 0 Å². The van der Waals surface area contributed by atoms with E-state index in [2.05, 4.69) is 0 Å². The summed E-state index contributed by atoms with van der Waals surface area (Å²) in [6.07, 6.45) is 0. The zero-order valence-corrected chi connectivity index (χ0v) is 11.6. The van der Waals surface area contributed by atoms with Crippen LogP contribution in [-0.4, -0.2) is 31.0 Å². The van der Waals surface area contributed by atoms with Crippen LogP contribution in [0.1, 0.15) is 1.43 Å². The molecular formula is CH5O6RbS2. The van der Waals surface area contributed by atoms with Crippen LogP contribution >= 0.6 is 0 Å². The minimum Gasteiger partial charge on any atom is -1.00 e. The van der Waals surface area contributed by atoms with Crippen LogP contribution in [-0.2, 0) is 20.2 Å². The summed E-state index contributed by atoms with van der Waals surface area (Å²) in [5.41, 5.74) is 0. The van der Waals surface area contributed by atoms with Gasteiger partial charge in [-0.05, 0) is 0 Å². The summed E-state index contributed by atoms with van der Waals surface area (Å²) in [6.45, 7) is 0. The molecule has 0 fully saturated rings. The number of rotatable bonds is 2. The minimum absolute atomic E-state index is 0. The van der Waals surface area contributed by atoms with Gasteiger partial charge in [-0.2, -0.15) is 16.8 Å². The standard InChI is InChI=1S/CH4O6S2.Rb.H/c2-8(3,4)1-9(5,6)7;;/h1H2,(H,2,3,4)(H,5,6,7);;/q;+1;-1. The Balaban J connectivity index is -0.000000320. The first kappa shape index (κ1) is 14.2. The normalized spacial score (nSPS) is 12.2. The van der Waals surface area contributed by atoms with E-state index in [1.165, 1.54) is 0 Å². The Morgan fingerprint density at radius 2 is 1.20 bits per heavy atom. The zero-order valence-electron chi connectivity index (χ0n) is 6.05. The average Bonchev–Trinajstić information content (AvgIpc) is 1.14. The van der Waals surface area contributed by atoms with Crippen LogP contribution in [0.25, 0.3) is 0 Å². The third-order valence-corrected chi connectivity index (χ3v) is 2.68. The maximum absolute atomic E-state index is 9.66. The molecule has 0 saturated heterocycles. The van der Waals surface area contributed by atoms with Crippen molar-refractivity contribution in [3.05, 3.63) is 0 Å². The third-order valence-electron chi connectivity index (χ3n) is 0.298. The van der Waals surface area contributed by atoms with E-state index in [4.69, 9.17) is 9.11 Å². The molecule has 0 aliphatic rings. The summed E-state index contributed by atoms with van der Waals surface area (Å²) in [7, 11) is -9.24. The van der Waals surface area contributed by atoms with Crippen LogP contribution in [0.15, 0.2) is 0 Å². The fraction of sp³-hybridized carbons (Fsp3) is 1.00. The first-order valence-corrected chi connectivity index (χ1v) is 4.83. The first-order chi connectivity index (χ1) is 3.71. The van der Waals surface area contributed by atoms with Crippen molar-refractivity contribution in [3.8, 4) is 0 Å². The number of hydrogen-bond donors (Lipinski definition) is 2. The van der Waals surface area contributed by atoms with E-state index in [0.29, 0.717) is 0 Å². The largest absolute Gasteiger partial charge is 1.00 e. The number of hydrogen-bond acceptors (Lipinski definition) is 4. The van der Waals surface area contributed by atoms with Gasteiger partial charge in [-0.1, -0.05) is 0 Å². The van der Waals surface area contributed by atoms with Crippen molar-refractivity contribution in [1.82, 2.24) is 0 Å². The molecule has 0 atom stereocenters. The summed E-state index contributed by atoms with van der Waals surface area (Å²) >= 11 is 0. The summed E-state index contributed by atoms with van der Waals surface area (Å²) < 4.78 is 54.2. The molecule has 0 aromatic carbocycles. The molecule has 0 saturated carbocycles. The molecular weight excluding hydrogens is 258 g/mol. The van der Waals surface area contributed by atoms with Crippen LogP contribution in [0.2, 0.25) is 0 Å². The zero-order chi connectivity index (χ0) is 7.71. The average molecular weight is 263 g/mol. The second kappa shape index (κ2) is 4.60. The molecule has 10 heavy (non-hydrogen) atoms. The van der Waals surface area contributed by atoms with E-state index in [9.17, 15) is 16.8 Å². The molecule has 2 N–H and O–H groups in total. The summed E-state index contributed by atoms with van der Waals surface area (Å²) in [5.74, 6) is 0. The Hall–Kier alpha value is 1.63. The van der Waals surface area contributed by atoms with Crippen molar-refractivity contribution in [1.29, 1.82) is 0 Å². The van der Waals surface area contributed by atoms with Gasteiger partial charge >= 0.3 is 58.2 Å². The van der Waals surface area contributed by atoms with Crippen molar-refractivity contribution >= 4 is 20.2 Å². The minimum atomic E-state index is -4.62. The Kier molecular flexibility index (Phi) is 6.52. The van der Waals surface area contributed by atoms with Crippen molar-refractivity contribution in [2.24, 2.45) is 0 Å². The predicted octanol–water partition coefficient (Wildman–Crippen LogP) is -4.16. The van der Waals surface area contributed by atoms with Gasteiger partial charge < -0.3 is 1.43 Å². The van der Waals surface area contributed by atoms with Crippen LogP contribution in [0.5, 0.6) is 0 Å². The molecule has 0 radical (unpaired) electrons. The van der Waals surface area contributed by atoms with Gasteiger partial charge in [0.05, 0.1) is 0 Å². The van der Waals surface area contributed by atoms with E-state index in [1.54, 1.807) is 0 Å². The summed E-state index contributed by atoms with van der Waals surface area (Å²) in [4.78, 5) is 0. The van der Waals surface area contributed by atoms with Crippen LogP contribution in [0.4, 0.5) is 0 Å². The maximum atomic E-state index is 9.66. The molecule has 0 aromatic heterocycles. The topological polar surface area (TPSA) is 109 Å². The second-order valence-electron chi connectivity index (χ2n) is 1.28. The van der Waals surface area contributed by atoms with Gasteiger partial charge in [-0.15, -0.1) is 0 Å². The molecule has 0 amide bonds. The smallest absolute Gasteiger partial charge is 1.00 e. The molecule has 0 aliphatic heterocycles. The van der Waals surface area contributed by atoms with Gasteiger partial charge in [0.1, 0.15) is 0 Å². The Labute approximate surface area is 109 Å².